The molecule has 1 saturated heterocycles. The maximum atomic E-state index is 10.5. The van der Waals surface area contributed by atoms with Crippen molar-refractivity contribution in [3.05, 3.63) is 34.4 Å². The van der Waals surface area contributed by atoms with Crippen molar-refractivity contribution in [2.75, 3.05) is 25.1 Å². The van der Waals surface area contributed by atoms with Gasteiger partial charge in [0.1, 0.15) is 0 Å². The second-order valence-electron chi connectivity index (χ2n) is 4.70. The van der Waals surface area contributed by atoms with Gasteiger partial charge in [0.05, 0.1) is 30.2 Å². The van der Waals surface area contributed by atoms with Crippen LogP contribution in [0.25, 0.3) is 0 Å². The molecule has 1 fully saturated rings. The summed E-state index contributed by atoms with van der Waals surface area (Å²) in [7, 11) is 0. The highest BCUT2D eigenvalue weighted by molar-refractivity contribution is 5.85. The molecular weight excluding hydrogens is 244 g/mol. The molecule has 0 radical (unpaired) electrons. The van der Waals surface area contributed by atoms with Gasteiger partial charge in [-0.3, -0.25) is 15.5 Å². The van der Waals surface area contributed by atoms with E-state index in [1.807, 2.05) is 0 Å². The van der Waals surface area contributed by atoms with Crippen LogP contribution in [0.15, 0.2) is 29.4 Å². The van der Waals surface area contributed by atoms with Crippen molar-refractivity contribution in [2.45, 2.75) is 19.8 Å². The van der Waals surface area contributed by atoms with Crippen LogP contribution in [0.2, 0.25) is 0 Å². The average molecular weight is 263 g/mol. The second kappa shape index (κ2) is 6.29. The molecule has 0 aliphatic carbocycles. The van der Waals surface area contributed by atoms with Gasteiger partial charge >= 0.3 is 0 Å². The lowest BCUT2D eigenvalue weighted by molar-refractivity contribution is -0.899. The molecule has 1 aliphatic rings. The number of nitrogens with zero attached hydrogens (tertiary/aromatic N) is 2. The van der Waals surface area contributed by atoms with Crippen LogP contribution in [0.3, 0.4) is 0 Å². The Morgan fingerprint density at radius 2 is 1.95 bits per heavy atom. The van der Waals surface area contributed by atoms with Crippen molar-refractivity contribution in [3.63, 3.8) is 0 Å². The summed E-state index contributed by atoms with van der Waals surface area (Å²) in [6.45, 7) is 5.64. The zero-order chi connectivity index (χ0) is 13.7. The maximum Gasteiger partial charge on any atom is 0.269 e. The molecular formula is C13H19N4O2+. The highest BCUT2D eigenvalue weighted by Gasteiger charge is 2.16. The number of non-ortho nitro benzene ring substituents is 1. The summed E-state index contributed by atoms with van der Waals surface area (Å²) in [4.78, 5) is 11.7. The fraction of sp³-hybridized carbons (Fsp3) is 0.462. The standard InChI is InChI=1S/C13H18N4O2/c1-2-16-9-7-12(8-10-16)15-14-11-3-5-13(6-4-11)17(18)19/h3-6,14H,2,7-10H2,1H3/p+1. The molecule has 0 aromatic heterocycles. The zero-order valence-electron chi connectivity index (χ0n) is 11.1. The largest absolute Gasteiger partial charge is 0.335 e. The first-order valence-corrected chi connectivity index (χ1v) is 6.58. The Labute approximate surface area is 112 Å². The number of likely N-dealkylation sites (tertiary alicyclic amines) is 1. The minimum atomic E-state index is -0.404. The molecule has 2 rings (SSSR count). The molecule has 1 aliphatic heterocycles. The fourth-order valence-corrected chi connectivity index (χ4v) is 2.16. The maximum absolute atomic E-state index is 10.5. The lowest BCUT2D eigenvalue weighted by atomic mass is 10.1. The summed E-state index contributed by atoms with van der Waals surface area (Å²) in [5, 5.41) is 14.9. The van der Waals surface area contributed by atoms with Gasteiger partial charge in [0.25, 0.3) is 5.69 Å². The van der Waals surface area contributed by atoms with Gasteiger partial charge < -0.3 is 4.90 Å². The van der Waals surface area contributed by atoms with Crippen LogP contribution in [0.1, 0.15) is 19.8 Å². The molecule has 1 aromatic rings. The predicted molar refractivity (Wildman–Crippen MR) is 74.6 cm³/mol. The van der Waals surface area contributed by atoms with Crippen molar-refractivity contribution in [3.8, 4) is 0 Å². The molecule has 0 amide bonds. The van der Waals surface area contributed by atoms with Crippen molar-refractivity contribution in [2.24, 2.45) is 5.10 Å². The van der Waals surface area contributed by atoms with Crippen LogP contribution in [-0.4, -0.2) is 30.3 Å². The Hall–Kier alpha value is -1.95. The molecule has 0 unspecified atom stereocenters. The molecule has 19 heavy (non-hydrogen) atoms. The van der Waals surface area contributed by atoms with E-state index in [-0.39, 0.29) is 5.69 Å². The summed E-state index contributed by atoms with van der Waals surface area (Å²) in [5.41, 5.74) is 5.02. The van der Waals surface area contributed by atoms with Crippen LogP contribution in [-0.2, 0) is 0 Å². The topological polar surface area (TPSA) is 72.0 Å². The van der Waals surface area contributed by atoms with Gasteiger partial charge in [0, 0.05) is 30.7 Å². The Morgan fingerprint density at radius 1 is 1.32 bits per heavy atom. The van der Waals surface area contributed by atoms with E-state index in [4.69, 9.17) is 0 Å². The summed E-state index contributed by atoms with van der Waals surface area (Å²) < 4.78 is 0. The number of quaternary nitrogens is 1. The SMILES string of the molecule is CC[NH+]1CCC(=NNc2ccc([N+](=O)[O-])cc2)CC1. The van der Waals surface area contributed by atoms with E-state index in [2.05, 4.69) is 17.5 Å². The Kier molecular flexibility index (Phi) is 4.46. The molecule has 2 N–H and O–H groups in total. The molecule has 1 aromatic carbocycles. The number of nitro benzene ring substituents is 1. The van der Waals surface area contributed by atoms with E-state index in [1.54, 1.807) is 17.0 Å². The highest BCUT2D eigenvalue weighted by atomic mass is 16.6. The van der Waals surface area contributed by atoms with E-state index in [0.717, 1.165) is 31.6 Å². The number of rotatable bonds is 4. The van der Waals surface area contributed by atoms with Gasteiger partial charge in [-0.15, -0.1) is 0 Å². The summed E-state index contributed by atoms with van der Waals surface area (Å²) >= 11 is 0. The quantitative estimate of drug-likeness (QED) is 0.630. The van der Waals surface area contributed by atoms with Crippen LogP contribution in [0.5, 0.6) is 0 Å². The number of nitro groups is 1. The number of piperidine rings is 1. The van der Waals surface area contributed by atoms with Crippen molar-refractivity contribution < 1.29 is 9.82 Å². The fourth-order valence-electron chi connectivity index (χ4n) is 2.16. The Morgan fingerprint density at radius 3 is 2.47 bits per heavy atom. The van der Waals surface area contributed by atoms with Gasteiger partial charge in [-0.05, 0) is 19.1 Å². The molecule has 6 heteroatoms. The monoisotopic (exact) mass is 263 g/mol. The first kappa shape index (κ1) is 13.5. The third-order valence-electron chi connectivity index (χ3n) is 3.46. The Balaban J connectivity index is 1.90. The number of nitrogens with one attached hydrogen (secondary N) is 2. The van der Waals surface area contributed by atoms with Crippen molar-refractivity contribution >= 4 is 17.1 Å². The van der Waals surface area contributed by atoms with E-state index in [9.17, 15) is 10.1 Å². The van der Waals surface area contributed by atoms with Crippen LogP contribution in [0.4, 0.5) is 11.4 Å². The van der Waals surface area contributed by atoms with Gasteiger partial charge in [0.2, 0.25) is 0 Å². The van der Waals surface area contributed by atoms with E-state index in [0.29, 0.717) is 0 Å². The number of hydrogen-bond donors (Lipinski definition) is 2. The molecule has 0 saturated carbocycles. The van der Waals surface area contributed by atoms with E-state index < -0.39 is 4.92 Å². The Bertz CT molecular complexity index is 460. The summed E-state index contributed by atoms with van der Waals surface area (Å²) in [6, 6.07) is 6.31. The molecule has 6 nitrogen and oxygen atoms in total. The van der Waals surface area contributed by atoms with Crippen molar-refractivity contribution in [1.29, 1.82) is 0 Å². The lowest BCUT2D eigenvalue weighted by Gasteiger charge is -2.23. The van der Waals surface area contributed by atoms with E-state index in [1.165, 1.54) is 24.4 Å². The first-order chi connectivity index (χ1) is 9.19. The van der Waals surface area contributed by atoms with Gasteiger partial charge in [-0.2, -0.15) is 5.10 Å². The van der Waals surface area contributed by atoms with Crippen LogP contribution >= 0.6 is 0 Å². The minimum absolute atomic E-state index is 0.0954. The highest BCUT2D eigenvalue weighted by Crippen LogP contribution is 2.15. The number of anilines is 1. The van der Waals surface area contributed by atoms with Crippen LogP contribution < -0.4 is 10.3 Å². The molecule has 102 valence electrons. The predicted octanol–water partition coefficient (Wildman–Crippen LogP) is 1.06. The smallest absolute Gasteiger partial charge is 0.269 e. The lowest BCUT2D eigenvalue weighted by Crippen LogP contribution is -3.12. The minimum Gasteiger partial charge on any atom is -0.335 e. The third-order valence-corrected chi connectivity index (χ3v) is 3.46. The molecule has 0 bridgehead atoms. The molecule has 0 spiro atoms. The normalized spacial score (nSPS) is 19.0. The van der Waals surface area contributed by atoms with Gasteiger partial charge in [-0.25, -0.2) is 0 Å². The summed E-state index contributed by atoms with van der Waals surface area (Å²) in [5.74, 6) is 0. The first-order valence-electron chi connectivity index (χ1n) is 6.58. The number of hydrazone groups is 1. The van der Waals surface area contributed by atoms with Gasteiger partial charge in [-0.1, -0.05) is 0 Å². The molecule has 1 heterocycles. The molecule has 0 atom stereocenters. The van der Waals surface area contributed by atoms with Crippen LogP contribution in [0, 0.1) is 10.1 Å². The van der Waals surface area contributed by atoms with Gasteiger partial charge in [0.15, 0.2) is 0 Å². The second-order valence-corrected chi connectivity index (χ2v) is 4.70. The zero-order valence-corrected chi connectivity index (χ0v) is 11.1. The van der Waals surface area contributed by atoms with Crippen molar-refractivity contribution in [1.82, 2.24) is 0 Å². The summed E-state index contributed by atoms with van der Waals surface area (Å²) in [6.07, 6.45) is 2.03. The number of benzene rings is 1. The average Bonchev–Trinajstić information content (AvgIpc) is 2.46. The van der Waals surface area contributed by atoms with E-state index >= 15 is 0 Å². The third kappa shape index (κ3) is 3.75. The number of hydrogen-bond acceptors (Lipinski definition) is 4.